The maximum Gasteiger partial charge on any atom is 0.216 e. The number of anilines is 1. The van der Waals surface area contributed by atoms with Crippen molar-refractivity contribution in [1.29, 1.82) is 0 Å². The van der Waals surface area contributed by atoms with Gasteiger partial charge in [0.05, 0.1) is 11.7 Å². The van der Waals surface area contributed by atoms with E-state index in [1.54, 1.807) is 6.20 Å². The van der Waals surface area contributed by atoms with Crippen LogP contribution in [0, 0.1) is 6.92 Å². The molecule has 0 aliphatic carbocycles. The lowest BCUT2D eigenvalue weighted by Gasteiger charge is -2.12. The van der Waals surface area contributed by atoms with E-state index in [4.69, 9.17) is 16.0 Å². The van der Waals surface area contributed by atoms with Crippen LogP contribution in [0.25, 0.3) is 10.9 Å². The molecule has 0 saturated carbocycles. The maximum atomic E-state index is 5.97. The number of nitrogens with one attached hydrogen (secondary N) is 1. The molecule has 6 heteroatoms. The minimum Gasteiger partial charge on any atom is -0.444 e. The minimum absolute atomic E-state index is 0.0857. The molecule has 1 aromatic carbocycles. The summed E-state index contributed by atoms with van der Waals surface area (Å²) in [4.78, 5) is 12.7. The third-order valence-electron chi connectivity index (χ3n) is 2.96. The van der Waals surface area contributed by atoms with E-state index in [0.717, 1.165) is 22.5 Å². The largest absolute Gasteiger partial charge is 0.444 e. The number of halogens is 1. The molecule has 1 atom stereocenters. The molecule has 0 bridgehead atoms. The predicted molar refractivity (Wildman–Crippen MR) is 77.8 cm³/mol. The summed E-state index contributed by atoms with van der Waals surface area (Å²) in [6.45, 7) is 3.83. The van der Waals surface area contributed by atoms with Gasteiger partial charge in [-0.1, -0.05) is 11.6 Å². The third-order valence-corrected chi connectivity index (χ3v) is 3.20. The smallest absolute Gasteiger partial charge is 0.216 e. The van der Waals surface area contributed by atoms with Gasteiger partial charge in [0.25, 0.3) is 0 Å². The van der Waals surface area contributed by atoms with Crippen LogP contribution < -0.4 is 5.32 Å². The van der Waals surface area contributed by atoms with Crippen molar-refractivity contribution in [3.8, 4) is 0 Å². The summed E-state index contributed by atoms with van der Waals surface area (Å²) >= 11 is 5.97. The second kappa shape index (κ2) is 5.09. The highest BCUT2D eigenvalue weighted by molar-refractivity contribution is 6.31. The number of rotatable bonds is 3. The van der Waals surface area contributed by atoms with Crippen molar-refractivity contribution in [2.45, 2.75) is 19.9 Å². The molecule has 5 nitrogen and oxygen atoms in total. The van der Waals surface area contributed by atoms with Gasteiger partial charge in [-0.3, -0.25) is 0 Å². The van der Waals surface area contributed by atoms with E-state index in [0.29, 0.717) is 10.9 Å². The van der Waals surface area contributed by atoms with Gasteiger partial charge in [0.2, 0.25) is 5.89 Å². The Morgan fingerprint density at radius 1 is 1.25 bits per heavy atom. The summed E-state index contributed by atoms with van der Waals surface area (Å²) in [7, 11) is 0. The quantitative estimate of drug-likeness (QED) is 0.795. The Morgan fingerprint density at radius 3 is 2.85 bits per heavy atom. The Hall–Kier alpha value is -2.14. The van der Waals surface area contributed by atoms with Crippen molar-refractivity contribution in [2.24, 2.45) is 0 Å². The predicted octanol–water partition coefficient (Wildman–Crippen LogP) is 3.75. The zero-order valence-electron chi connectivity index (χ0n) is 11.1. The number of aromatic nitrogens is 3. The lowest BCUT2D eigenvalue weighted by molar-refractivity contribution is 0.453. The number of hydrogen-bond acceptors (Lipinski definition) is 5. The van der Waals surface area contributed by atoms with Gasteiger partial charge >= 0.3 is 0 Å². The van der Waals surface area contributed by atoms with Gasteiger partial charge in [-0.15, -0.1) is 0 Å². The monoisotopic (exact) mass is 288 g/mol. The fraction of sp³-hybridized carbons (Fsp3) is 0.214. The van der Waals surface area contributed by atoms with Gasteiger partial charge in [-0.25, -0.2) is 15.0 Å². The lowest BCUT2D eigenvalue weighted by Crippen LogP contribution is -2.08. The van der Waals surface area contributed by atoms with Crippen LogP contribution in [0.3, 0.4) is 0 Å². The van der Waals surface area contributed by atoms with Crippen molar-refractivity contribution in [3.05, 3.63) is 47.4 Å². The first-order chi connectivity index (χ1) is 9.63. The van der Waals surface area contributed by atoms with E-state index in [-0.39, 0.29) is 6.04 Å². The van der Waals surface area contributed by atoms with Crippen LogP contribution >= 0.6 is 11.6 Å². The van der Waals surface area contributed by atoms with E-state index in [2.05, 4.69) is 20.3 Å². The van der Waals surface area contributed by atoms with Crippen molar-refractivity contribution in [1.82, 2.24) is 15.0 Å². The summed E-state index contributed by atoms with van der Waals surface area (Å²) in [5.41, 5.74) is 0.797. The number of nitrogens with zero attached hydrogens (tertiary/aromatic N) is 3. The van der Waals surface area contributed by atoms with Crippen LogP contribution in [0.5, 0.6) is 0 Å². The number of benzene rings is 1. The molecule has 0 spiro atoms. The van der Waals surface area contributed by atoms with Gasteiger partial charge in [-0.05, 0) is 32.0 Å². The van der Waals surface area contributed by atoms with Crippen LogP contribution in [0.15, 0.2) is 35.1 Å². The average Bonchev–Trinajstić information content (AvgIpc) is 2.85. The highest BCUT2D eigenvalue weighted by Gasteiger charge is 2.13. The number of oxazole rings is 1. The van der Waals surface area contributed by atoms with Gasteiger partial charge < -0.3 is 9.73 Å². The van der Waals surface area contributed by atoms with E-state index < -0.39 is 0 Å². The van der Waals surface area contributed by atoms with Crippen LogP contribution in [-0.2, 0) is 0 Å². The van der Waals surface area contributed by atoms with Crippen molar-refractivity contribution in [2.75, 3.05) is 5.32 Å². The molecule has 0 radical (unpaired) electrons. The van der Waals surface area contributed by atoms with Gasteiger partial charge in [0.15, 0.2) is 0 Å². The molecule has 0 saturated heterocycles. The first-order valence-corrected chi connectivity index (χ1v) is 6.60. The Bertz CT molecular complexity index is 756. The number of fused-ring (bicyclic) bond motifs is 1. The average molecular weight is 289 g/mol. The van der Waals surface area contributed by atoms with Gasteiger partial charge in [0.1, 0.15) is 23.9 Å². The molecule has 0 amide bonds. The standard InChI is InChI=1S/C14H13ClN4O/c1-8-6-16-14(20-8)9(2)19-13-11-4-3-10(15)5-12(11)17-7-18-13/h3-7,9H,1-2H3,(H,17,18,19)/t9-/m1/s1. The topological polar surface area (TPSA) is 63.8 Å². The molecule has 0 aliphatic rings. The van der Waals surface area contributed by atoms with E-state index in [1.165, 1.54) is 6.33 Å². The van der Waals surface area contributed by atoms with Crippen LogP contribution in [0.4, 0.5) is 5.82 Å². The Kier molecular flexibility index (Phi) is 3.28. The molecule has 20 heavy (non-hydrogen) atoms. The van der Waals surface area contributed by atoms with Crippen LogP contribution in [0.2, 0.25) is 5.02 Å². The van der Waals surface area contributed by atoms with Crippen LogP contribution in [-0.4, -0.2) is 15.0 Å². The number of hydrogen-bond donors (Lipinski definition) is 1. The summed E-state index contributed by atoms with van der Waals surface area (Å²) in [6, 6.07) is 5.44. The molecule has 3 rings (SSSR count). The summed E-state index contributed by atoms with van der Waals surface area (Å²) in [5, 5.41) is 4.84. The van der Waals surface area contributed by atoms with E-state index >= 15 is 0 Å². The number of aryl methyl sites for hydroxylation is 1. The second-order valence-corrected chi connectivity index (χ2v) is 5.00. The molecular formula is C14H13ClN4O. The Morgan fingerprint density at radius 2 is 2.10 bits per heavy atom. The fourth-order valence-electron chi connectivity index (χ4n) is 1.98. The third kappa shape index (κ3) is 2.44. The van der Waals surface area contributed by atoms with Crippen molar-refractivity contribution >= 4 is 28.3 Å². The molecule has 102 valence electrons. The minimum atomic E-state index is -0.0857. The van der Waals surface area contributed by atoms with E-state index in [9.17, 15) is 0 Å². The molecule has 1 N–H and O–H groups in total. The SMILES string of the molecule is Cc1cnc([C@@H](C)Nc2ncnc3cc(Cl)ccc23)o1. The van der Waals surface area contributed by atoms with Gasteiger partial charge in [-0.2, -0.15) is 0 Å². The fourth-order valence-corrected chi connectivity index (χ4v) is 2.15. The highest BCUT2D eigenvalue weighted by atomic mass is 35.5. The maximum absolute atomic E-state index is 5.97. The zero-order valence-corrected chi connectivity index (χ0v) is 11.8. The summed E-state index contributed by atoms with van der Waals surface area (Å²) in [6.07, 6.45) is 3.21. The second-order valence-electron chi connectivity index (χ2n) is 4.56. The Balaban J connectivity index is 1.94. The molecule has 0 unspecified atom stereocenters. The van der Waals surface area contributed by atoms with Crippen molar-refractivity contribution in [3.63, 3.8) is 0 Å². The summed E-state index contributed by atoms with van der Waals surface area (Å²) < 4.78 is 5.51. The Labute approximate surface area is 121 Å². The first kappa shape index (κ1) is 12.9. The normalized spacial score (nSPS) is 12.6. The highest BCUT2D eigenvalue weighted by Crippen LogP contribution is 2.25. The zero-order chi connectivity index (χ0) is 14.1. The molecular weight excluding hydrogens is 276 g/mol. The molecule has 0 fully saturated rings. The molecule has 0 aliphatic heterocycles. The molecule has 2 heterocycles. The lowest BCUT2D eigenvalue weighted by atomic mass is 10.2. The van der Waals surface area contributed by atoms with E-state index in [1.807, 2.05) is 32.0 Å². The van der Waals surface area contributed by atoms with Crippen molar-refractivity contribution < 1.29 is 4.42 Å². The molecule has 3 aromatic rings. The summed E-state index contributed by atoms with van der Waals surface area (Å²) in [5.74, 6) is 2.14. The molecule has 2 aromatic heterocycles. The van der Waals surface area contributed by atoms with Gasteiger partial charge in [0, 0.05) is 10.4 Å². The first-order valence-electron chi connectivity index (χ1n) is 6.22. The van der Waals surface area contributed by atoms with Crippen LogP contribution in [0.1, 0.15) is 24.6 Å².